The van der Waals surface area contributed by atoms with Crippen molar-refractivity contribution in [1.82, 2.24) is 25.0 Å². The van der Waals surface area contributed by atoms with Gasteiger partial charge in [-0.25, -0.2) is 23.8 Å². The number of amidine groups is 1. The third-order valence-corrected chi connectivity index (χ3v) is 9.23. The van der Waals surface area contributed by atoms with Crippen molar-refractivity contribution in [3.63, 3.8) is 0 Å². The van der Waals surface area contributed by atoms with Gasteiger partial charge in [0.05, 0.1) is 44.5 Å². The van der Waals surface area contributed by atoms with Crippen LogP contribution in [-0.4, -0.2) is 97.0 Å². The molecule has 2 fully saturated rings. The first-order valence-corrected chi connectivity index (χ1v) is 15.9. The van der Waals surface area contributed by atoms with E-state index in [9.17, 15) is 14.0 Å². The van der Waals surface area contributed by atoms with Crippen molar-refractivity contribution in [2.75, 3.05) is 53.5 Å². The van der Waals surface area contributed by atoms with Crippen molar-refractivity contribution in [2.24, 2.45) is 4.99 Å². The third-order valence-electron chi connectivity index (χ3n) is 8.13. The zero-order chi connectivity index (χ0) is 33.1. The van der Waals surface area contributed by atoms with Gasteiger partial charge in [0.25, 0.3) is 0 Å². The summed E-state index contributed by atoms with van der Waals surface area (Å²) in [6.07, 6.45) is 1.66. The number of nitrogens with zero attached hydrogens (tertiary/aromatic N) is 6. The number of methoxy groups -OCH3 is 2. The predicted octanol–water partition coefficient (Wildman–Crippen LogP) is 4.49. The number of nitrogens with one attached hydrogen (secondary N) is 1. The lowest BCUT2D eigenvalue weighted by Crippen LogP contribution is -2.53. The third kappa shape index (κ3) is 6.65. The maximum Gasteiger partial charge on any atom is 0.338 e. The molecule has 2 atom stereocenters. The number of aliphatic imine (C=N–C) groups is 1. The van der Waals surface area contributed by atoms with Crippen LogP contribution in [0.25, 0.3) is 4.85 Å². The first kappa shape index (κ1) is 32.0. The molecule has 1 aromatic heterocycles. The summed E-state index contributed by atoms with van der Waals surface area (Å²) < 4.78 is 24.6. The summed E-state index contributed by atoms with van der Waals surface area (Å²) in [6, 6.07) is 8.05. The number of esters is 1. The van der Waals surface area contributed by atoms with Crippen molar-refractivity contribution in [3.8, 4) is 17.6 Å². The summed E-state index contributed by atoms with van der Waals surface area (Å²) >= 11 is 7.87. The molecule has 0 aliphatic carbocycles. The van der Waals surface area contributed by atoms with E-state index >= 15 is 0 Å². The van der Waals surface area contributed by atoms with Crippen LogP contribution in [0.4, 0.5) is 14.9 Å². The van der Waals surface area contributed by atoms with E-state index in [2.05, 4.69) is 31.9 Å². The van der Waals surface area contributed by atoms with Crippen LogP contribution in [0, 0.1) is 24.2 Å². The lowest BCUT2D eigenvalue weighted by Gasteiger charge is -2.38. The van der Waals surface area contributed by atoms with Gasteiger partial charge >= 0.3 is 12.0 Å². The zero-order valence-corrected chi connectivity index (χ0v) is 27.1. The number of fused-ring (bicyclic) bond motifs is 1. The van der Waals surface area contributed by atoms with E-state index in [0.29, 0.717) is 71.8 Å². The molecule has 0 radical (unpaired) electrons. The highest BCUT2D eigenvalue weighted by molar-refractivity contribution is 7.11. The maximum atomic E-state index is 14.0. The van der Waals surface area contributed by atoms with E-state index in [0.717, 1.165) is 0 Å². The number of halogens is 2. The van der Waals surface area contributed by atoms with Gasteiger partial charge in [0.1, 0.15) is 17.6 Å². The Morgan fingerprint density at radius 3 is 2.81 bits per heavy atom. The average Bonchev–Trinajstić information content (AvgIpc) is 3.72. The van der Waals surface area contributed by atoms with E-state index in [-0.39, 0.29) is 29.2 Å². The number of carbonyl (C=O) groups is 2. The van der Waals surface area contributed by atoms with Crippen molar-refractivity contribution in [3.05, 3.63) is 97.6 Å². The van der Waals surface area contributed by atoms with Crippen LogP contribution in [0.1, 0.15) is 22.2 Å². The number of thiazole rings is 1. The van der Waals surface area contributed by atoms with Crippen LogP contribution in [0.5, 0.6) is 5.75 Å². The molecule has 11 nitrogen and oxygen atoms in total. The molecule has 3 aliphatic rings. The summed E-state index contributed by atoms with van der Waals surface area (Å²) in [5.74, 6) is 6.04. The van der Waals surface area contributed by atoms with Gasteiger partial charge in [-0.2, -0.15) is 0 Å². The topological polar surface area (TPSA) is 104 Å². The normalized spacial score (nSPS) is 19.3. The van der Waals surface area contributed by atoms with E-state index in [1.165, 1.54) is 43.8 Å². The molecule has 2 amide bonds. The standard InChI is InChI=1S/C33H29ClFN7O4S/c1-36-22-8-6-20(27(16-22)45-2)5-4-11-41-18-23-17-40(12-13-42(23)33(41)44)19-26-28(32(43)46-3)29(24-9-7-21(35)15-25(24)34)39-30(38-26)31-37-10-14-47-31/h6-10,14-16,23,29H,11-13,17-19H2,2-3H3,(H,38,39)/t23-,29-/m0/s1. The molecule has 240 valence electrons. The molecule has 1 N–H and O–H groups in total. The minimum Gasteiger partial charge on any atom is -0.497 e. The van der Waals surface area contributed by atoms with Gasteiger partial charge in [0.2, 0.25) is 0 Å². The van der Waals surface area contributed by atoms with Crippen LogP contribution < -0.4 is 10.1 Å². The Morgan fingerprint density at radius 1 is 1.23 bits per heavy atom. The molecule has 3 aliphatic heterocycles. The second-order valence-corrected chi connectivity index (χ2v) is 12.2. The molecule has 14 heteroatoms. The molecule has 6 rings (SSSR count). The zero-order valence-electron chi connectivity index (χ0n) is 25.5. The van der Waals surface area contributed by atoms with Gasteiger partial charge in [-0.3, -0.25) is 9.89 Å². The summed E-state index contributed by atoms with van der Waals surface area (Å²) in [4.78, 5) is 44.9. The molecule has 0 saturated carbocycles. The number of carbonyl (C=O) groups excluding carboxylic acids is 2. The van der Waals surface area contributed by atoms with Crippen LogP contribution in [0.3, 0.4) is 0 Å². The largest absolute Gasteiger partial charge is 0.497 e. The number of hydrogen-bond donors (Lipinski definition) is 1. The van der Waals surface area contributed by atoms with Gasteiger partial charge in [-0.05, 0) is 18.2 Å². The molecule has 0 spiro atoms. The van der Waals surface area contributed by atoms with Crippen molar-refractivity contribution in [1.29, 1.82) is 0 Å². The number of urea groups is 1. The molecular formula is C33H29ClFN7O4S. The van der Waals surface area contributed by atoms with E-state index in [1.54, 1.807) is 29.3 Å². The lowest BCUT2D eigenvalue weighted by molar-refractivity contribution is -0.136. The molecule has 3 aromatic rings. The molecule has 4 heterocycles. The number of benzene rings is 2. The van der Waals surface area contributed by atoms with E-state index in [4.69, 9.17) is 32.6 Å². The van der Waals surface area contributed by atoms with Crippen LogP contribution >= 0.6 is 22.9 Å². The number of rotatable bonds is 7. The highest BCUT2D eigenvalue weighted by Gasteiger charge is 2.41. The fourth-order valence-corrected chi connectivity index (χ4v) is 6.75. The summed E-state index contributed by atoms with van der Waals surface area (Å²) in [6.45, 7) is 9.89. The van der Waals surface area contributed by atoms with Crippen molar-refractivity contribution in [2.45, 2.75) is 12.1 Å². The predicted molar refractivity (Wildman–Crippen MR) is 175 cm³/mol. The van der Waals surface area contributed by atoms with Crippen LogP contribution in [0.15, 0.2) is 64.2 Å². The summed E-state index contributed by atoms with van der Waals surface area (Å²) in [5, 5.41) is 5.91. The first-order valence-electron chi connectivity index (χ1n) is 14.6. The lowest BCUT2D eigenvalue weighted by atomic mass is 9.95. The Bertz CT molecular complexity index is 1880. The molecule has 0 bridgehead atoms. The second-order valence-electron chi connectivity index (χ2n) is 10.9. The SMILES string of the molecule is [C-]#[N+]c1ccc(C#CCN2C[C@@H]3CN(CC4=C(C(=O)OC)[C@H](c5ccc(F)cc5Cl)N=C(c5nccs5)N4)CCN3C2=O)c(OC)c1. The molecule has 2 aromatic carbocycles. The van der Waals surface area contributed by atoms with Gasteiger partial charge in [0, 0.05) is 60.6 Å². The number of aromatic nitrogens is 1. The fourth-order valence-electron chi connectivity index (χ4n) is 5.89. The van der Waals surface area contributed by atoms with Gasteiger partial charge in [-0.15, -0.1) is 11.3 Å². The molecular weight excluding hydrogens is 645 g/mol. The van der Waals surface area contributed by atoms with Crippen LogP contribution in [0.2, 0.25) is 5.02 Å². The van der Waals surface area contributed by atoms with E-state index < -0.39 is 17.8 Å². The Morgan fingerprint density at radius 2 is 2.09 bits per heavy atom. The fraction of sp³-hybridized carbons (Fsp3) is 0.303. The number of piperazine rings is 1. The number of ether oxygens (including phenoxy) is 2. The highest BCUT2D eigenvalue weighted by Crippen LogP contribution is 2.37. The quantitative estimate of drug-likeness (QED) is 0.224. The minimum atomic E-state index is -0.856. The molecule has 47 heavy (non-hydrogen) atoms. The summed E-state index contributed by atoms with van der Waals surface area (Å²) in [5.41, 5.74) is 2.41. The second kappa shape index (κ2) is 13.8. The van der Waals surface area contributed by atoms with Crippen molar-refractivity contribution < 1.29 is 23.5 Å². The Labute approximate surface area is 280 Å². The maximum absolute atomic E-state index is 14.0. The van der Waals surface area contributed by atoms with Gasteiger partial charge in [-0.1, -0.05) is 41.6 Å². The number of hydrogen-bond acceptors (Lipinski definition) is 9. The molecule has 0 unspecified atom stereocenters. The highest BCUT2D eigenvalue weighted by atomic mass is 35.5. The average molecular weight is 674 g/mol. The summed E-state index contributed by atoms with van der Waals surface area (Å²) in [7, 11) is 2.83. The smallest absolute Gasteiger partial charge is 0.338 e. The Balaban J connectivity index is 1.21. The monoisotopic (exact) mass is 673 g/mol. The number of amides is 2. The van der Waals surface area contributed by atoms with Crippen molar-refractivity contribution >= 4 is 46.5 Å². The van der Waals surface area contributed by atoms with Gasteiger partial charge < -0.3 is 24.6 Å². The van der Waals surface area contributed by atoms with E-state index in [1.807, 2.05) is 10.3 Å². The Hall–Kier alpha value is -4.95. The Kier molecular flexibility index (Phi) is 9.41. The minimum absolute atomic E-state index is 0.0752. The molecule has 2 saturated heterocycles. The first-order chi connectivity index (χ1) is 22.8. The van der Waals surface area contributed by atoms with Crippen LogP contribution in [-0.2, 0) is 9.53 Å². The van der Waals surface area contributed by atoms with Gasteiger partial charge in [0.15, 0.2) is 16.5 Å².